The van der Waals surface area contributed by atoms with Crippen LogP contribution in [0.25, 0.3) is 0 Å². The minimum Gasteiger partial charge on any atom is -0.384 e. The van der Waals surface area contributed by atoms with Gasteiger partial charge in [-0.3, -0.25) is 0 Å². The molecule has 5 aliphatic rings. The van der Waals surface area contributed by atoms with Crippen LogP contribution in [0.1, 0.15) is 113 Å². The molecule has 2 N–H and O–H groups in total. The van der Waals surface area contributed by atoms with Crippen molar-refractivity contribution in [1.29, 1.82) is 0 Å². The Morgan fingerprint density at radius 1 is 0.788 bits per heavy atom. The largest absolute Gasteiger partial charge is 0.384 e. The molecule has 0 saturated heterocycles. The lowest BCUT2D eigenvalue weighted by molar-refractivity contribution is -0.242. The lowest BCUT2D eigenvalue weighted by atomic mass is 9.32. The van der Waals surface area contributed by atoms with Gasteiger partial charge in [-0.15, -0.1) is 0 Å². The second-order valence-electron chi connectivity index (χ2n) is 15.4. The molecule has 2 nitrogen and oxygen atoms in total. The standard InChI is InChI=1S/C31H55NO/c1-20(2)21-11-16-31(19-33-8)18-17-29(6)22(26(21)31)9-10-24-28(5)14-13-25(32)27(3,4)23(28)12-15-30(24,29)7/h20-26H,9-19,32H2,1-8H3/t21-,22?,23?,24?,25-,26?,28-,29+,30+,31+/m0/s1. The quantitative estimate of drug-likeness (QED) is 0.471. The normalized spacial score (nSPS) is 55.5. The summed E-state index contributed by atoms with van der Waals surface area (Å²) in [6.45, 7) is 19.3. The summed E-state index contributed by atoms with van der Waals surface area (Å²) in [5.41, 5.74) is 8.90. The molecule has 0 aliphatic heterocycles. The number of nitrogens with two attached hydrogens (primary N) is 1. The van der Waals surface area contributed by atoms with Crippen molar-refractivity contribution in [2.75, 3.05) is 13.7 Å². The van der Waals surface area contributed by atoms with E-state index in [2.05, 4.69) is 48.5 Å². The SMILES string of the molecule is COC[C@]12CC[C@@H](C(C)C)C1C1CCC3[C@@]4(C)CC[C@H](N)C(C)(C)C4CC[C@@]3(C)[C@]1(C)CC2. The highest BCUT2D eigenvalue weighted by atomic mass is 16.5. The highest BCUT2D eigenvalue weighted by Crippen LogP contribution is 2.77. The topological polar surface area (TPSA) is 35.2 Å². The van der Waals surface area contributed by atoms with Crippen molar-refractivity contribution < 1.29 is 4.74 Å². The van der Waals surface area contributed by atoms with E-state index in [-0.39, 0.29) is 5.41 Å². The summed E-state index contributed by atoms with van der Waals surface area (Å²) in [6, 6.07) is 0.376. The molecule has 0 spiro atoms. The van der Waals surface area contributed by atoms with Crippen LogP contribution < -0.4 is 5.73 Å². The molecular weight excluding hydrogens is 402 g/mol. The van der Waals surface area contributed by atoms with Crippen LogP contribution in [0.3, 0.4) is 0 Å². The van der Waals surface area contributed by atoms with Gasteiger partial charge in [-0.05, 0) is 127 Å². The Balaban J connectivity index is 1.54. The summed E-state index contributed by atoms with van der Waals surface area (Å²) in [7, 11) is 1.96. The van der Waals surface area contributed by atoms with Gasteiger partial charge in [0.05, 0.1) is 6.61 Å². The third-order valence-corrected chi connectivity index (χ3v) is 14.1. The van der Waals surface area contributed by atoms with Gasteiger partial charge in [0.2, 0.25) is 0 Å². The molecule has 0 bridgehead atoms. The van der Waals surface area contributed by atoms with Gasteiger partial charge in [-0.25, -0.2) is 0 Å². The maximum Gasteiger partial charge on any atom is 0.0521 e. The Labute approximate surface area is 205 Å². The Kier molecular flexibility index (Phi) is 5.75. The first kappa shape index (κ1) is 24.6. The van der Waals surface area contributed by atoms with Crippen molar-refractivity contribution in [3.05, 3.63) is 0 Å². The molecule has 10 atom stereocenters. The summed E-state index contributed by atoms with van der Waals surface area (Å²) >= 11 is 0. The Morgan fingerprint density at radius 2 is 1.52 bits per heavy atom. The zero-order valence-corrected chi connectivity index (χ0v) is 23.3. The predicted molar refractivity (Wildman–Crippen MR) is 139 cm³/mol. The Morgan fingerprint density at radius 3 is 2.18 bits per heavy atom. The van der Waals surface area contributed by atoms with E-state index in [0.29, 0.717) is 27.7 Å². The summed E-state index contributed by atoms with van der Waals surface area (Å²) in [6.07, 6.45) is 14.0. The van der Waals surface area contributed by atoms with Gasteiger partial charge in [0.15, 0.2) is 0 Å². The average molecular weight is 458 g/mol. The van der Waals surface area contributed by atoms with E-state index < -0.39 is 0 Å². The number of hydrogen-bond donors (Lipinski definition) is 1. The van der Waals surface area contributed by atoms with Gasteiger partial charge >= 0.3 is 0 Å². The van der Waals surface area contributed by atoms with Crippen LogP contribution in [0.15, 0.2) is 0 Å². The second-order valence-corrected chi connectivity index (χ2v) is 15.4. The monoisotopic (exact) mass is 457 g/mol. The third-order valence-electron chi connectivity index (χ3n) is 14.1. The summed E-state index contributed by atoms with van der Waals surface area (Å²) in [5, 5.41) is 0. The number of ether oxygens (including phenoxy) is 1. The number of fused-ring (bicyclic) bond motifs is 7. The second kappa shape index (κ2) is 7.71. The fourth-order valence-electron chi connectivity index (χ4n) is 12.1. The third kappa shape index (κ3) is 3.04. The van der Waals surface area contributed by atoms with Gasteiger partial charge < -0.3 is 10.5 Å². The first-order chi connectivity index (χ1) is 15.4. The maximum atomic E-state index is 6.74. The Hall–Kier alpha value is -0.0800. The van der Waals surface area contributed by atoms with Gasteiger partial charge in [0.1, 0.15) is 0 Å². The van der Waals surface area contributed by atoms with Crippen LogP contribution in [0, 0.1) is 62.6 Å². The van der Waals surface area contributed by atoms with Crippen molar-refractivity contribution >= 4 is 0 Å². The summed E-state index contributed by atoms with van der Waals surface area (Å²) in [4.78, 5) is 0. The lowest BCUT2D eigenvalue weighted by Gasteiger charge is -2.73. The molecule has 0 aromatic carbocycles. The smallest absolute Gasteiger partial charge is 0.0521 e. The predicted octanol–water partition coefficient (Wildman–Crippen LogP) is 7.70. The van der Waals surface area contributed by atoms with Crippen LogP contribution in [0.4, 0.5) is 0 Å². The van der Waals surface area contributed by atoms with Crippen LogP contribution in [0.2, 0.25) is 0 Å². The zero-order valence-electron chi connectivity index (χ0n) is 23.3. The zero-order chi connectivity index (χ0) is 24.0. The van der Waals surface area contributed by atoms with Crippen LogP contribution in [-0.2, 0) is 4.74 Å². The molecule has 4 unspecified atom stereocenters. The molecule has 5 aliphatic carbocycles. The van der Waals surface area contributed by atoms with Gasteiger partial charge in [0.25, 0.3) is 0 Å². The molecule has 0 amide bonds. The van der Waals surface area contributed by atoms with Gasteiger partial charge in [-0.1, -0.05) is 48.5 Å². The molecule has 33 heavy (non-hydrogen) atoms. The molecule has 0 aromatic rings. The van der Waals surface area contributed by atoms with Crippen LogP contribution in [0.5, 0.6) is 0 Å². The highest BCUT2D eigenvalue weighted by Gasteiger charge is 2.70. The van der Waals surface area contributed by atoms with Gasteiger partial charge in [-0.2, -0.15) is 0 Å². The van der Waals surface area contributed by atoms with E-state index in [9.17, 15) is 0 Å². The molecule has 0 radical (unpaired) electrons. The van der Waals surface area contributed by atoms with Crippen LogP contribution >= 0.6 is 0 Å². The van der Waals surface area contributed by atoms with Crippen molar-refractivity contribution in [2.24, 2.45) is 68.3 Å². The van der Waals surface area contributed by atoms with E-state index in [1.807, 2.05) is 7.11 Å². The molecule has 190 valence electrons. The lowest BCUT2D eigenvalue weighted by Crippen LogP contribution is -2.67. The Bertz CT molecular complexity index is 760. The van der Waals surface area contributed by atoms with E-state index >= 15 is 0 Å². The highest BCUT2D eigenvalue weighted by molar-refractivity contribution is 5.19. The van der Waals surface area contributed by atoms with Crippen molar-refractivity contribution in [2.45, 2.75) is 119 Å². The van der Waals surface area contributed by atoms with Crippen molar-refractivity contribution in [3.8, 4) is 0 Å². The fourth-order valence-corrected chi connectivity index (χ4v) is 12.1. The van der Waals surface area contributed by atoms with Crippen molar-refractivity contribution in [1.82, 2.24) is 0 Å². The molecule has 5 fully saturated rings. The van der Waals surface area contributed by atoms with Gasteiger partial charge in [0, 0.05) is 13.2 Å². The van der Waals surface area contributed by atoms with Crippen LogP contribution in [-0.4, -0.2) is 19.8 Å². The summed E-state index contributed by atoms with van der Waals surface area (Å²) < 4.78 is 5.97. The van der Waals surface area contributed by atoms with E-state index in [4.69, 9.17) is 10.5 Å². The molecule has 5 saturated carbocycles. The molecule has 2 heteroatoms. The minimum atomic E-state index is 0.278. The number of hydrogen-bond acceptors (Lipinski definition) is 2. The first-order valence-electron chi connectivity index (χ1n) is 14.6. The summed E-state index contributed by atoms with van der Waals surface area (Å²) in [5.74, 6) is 5.11. The fraction of sp³-hybridized carbons (Fsp3) is 1.00. The number of rotatable bonds is 3. The molecule has 0 heterocycles. The first-order valence-corrected chi connectivity index (χ1v) is 14.6. The van der Waals surface area contributed by atoms with E-state index in [0.717, 1.165) is 42.1 Å². The minimum absolute atomic E-state index is 0.278. The number of methoxy groups -OCH3 is 1. The molecular formula is C31H55NO. The van der Waals surface area contributed by atoms with E-state index in [1.165, 1.54) is 64.2 Å². The maximum absolute atomic E-state index is 6.74. The molecule has 0 aromatic heterocycles. The average Bonchev–Trinajstić information content (AvgIpc) is 3.12. The molecule has 5 rings (SSSR count). The van der Waals surface area contributed by atoms with Crippen molar-refractivity contribution in [3.63, 3.8) is 0 Å². The van der Waals surface area contributed by atoms with E-state index in [1.54, 1.807) is 0 Å².